The Hall–Kier alpha value is -4.22. The molecule has 4 aliphatic rings. The molecule has 2 atom stereocenters. The summed E-state index contributed by atoms with van der Waals surface area (Å²) in [6.45, 7) is 0.288. The zero-order chi connectivity index (χ0) is 25.8. The number of halogens is 1. The van der Waals surface area contributed by atoms with Crippen LogP contribution in [0, 0.1) is 11.8 Å². The summed E-state index contributed by atoms with van der Waals surface area (Å²) >= 11 is 6.28. The topological polar surface area (TPSA) is 59.0 Å². The first-order valence-corrected chi connectivity index (χ1v) is 13.1. The van der Waals surface area contributed by atoms with Crippen molar-refractivity contribution in [3.05, 3.63) is 135 Å². The number of amides is 2. The van der Waals surface area contributed by atoms with Gasteiger partial charge in [-0.25, -0.2) is 0 Å². The number of hydrogen-bond donors (Lipinski definition) is 0. The number of benzene rings is 4. The van der Waals surface area contributed by atoms with Gasteiger partial charge in [0.25, 0.3) is 11.8 Å². The van der Waals surface area contributed by atoms with E-state index < -0.39 is 11.8 Å². The first-order chi connectivity index (χ1) is 18.6. The van der Waals surface area contributed by atoms with Gasteiger partial charge in [-0.1, -0.05) is 90.5 Å². The van der Waals surface area contributed by atoms with E-state index in [2.05, 4.69) is 29.4 Å². The number of hydrogen-bond acceptors (Lipinski definition) is 4. The van der Waals surface area contributed by atoms with Crippen molar-refractivity contribution in [3.8, 4) is 5.75 Å². The van der Waals surface area contributed by atoms with Gasteiger partial charge in [-0.2, -0.15) is 10.1 Å². The third-order valence-corrected chi connectivity index (χ3v) is 8.37. The fraction of sp³-hybridized carbons (Fsp3) is 0.156. The lowest BCUT2D eigenvalue weighted by molar-refractivity contribution is -0.139. The van der Waals surface area contributed by atoms with Crippen molar-refractivity contribution in [2.24, 2.45) is 16.9 Å². The van der Waals surface area contributed by atoms with Gasteiger partial charge in [-0.3, -0.25) is 9.59 Å². The number of carbonyl (C=O) groups excluding carboxylic acids is 2. The molecule has 4 aromatic rings. The molecule has 38 heavy (non-hydrogen) atoms. The fourth-order valence-electron chi connectivity index (χ4n) is 6.38. The zero-order valence-electron chi connectivity index (χ0n) is 20.3. The van der Waals surface area contributed by atoms with Crippen LogP contribution in [-0.2, 0) is 16.2 Å². The molecule has 0 aromatic heterocycles. The maximum absolute atomic E-state index is 13.8. The third kappa shape index (κ3) is 3.42. The van der Waals surface area contributed by atoms with Gasteiger partial charge in [0.1, 0.15) is 12.4 Å². The highest BCUT2D eigenvalue weighted by Gasteiger charge is 2.61. The smallest absolute Gasteiger partial charge is 0.254 e. The van der Waals surface area contributed by atoms with Crippen LogP contribution in [0.4, 0.5) is 0 Å². The summed E-state index contributed by atoms with van der Waals surface area (Å²) in [6.07, 6.45) is 1.54. The Bertz CT molecular complexity index is 1520. The van der Waals surface area contributed by atoms with Crippen molar-refractivity contribution in [1.82, 2.24) is 5.01 Å². The Kier molecular flexibility index (Phi) is 5.41. The van der Waals surface area contributed by atoms with Crippen LogP contribution < -0.4 is 4.74 Å². The van der Waals surface area contributed by atoms with Gasteiger partial charge in [0.05, 0.1) is 18.1 Å². The molecule has 186 valence electrons. The minimum absolute atomic E-state index is 0.153. The Balaban J connectivity index is 1.20. The Labute approximate surface area is 225 Å². The number of hydrazone groups is 1. The van der Waals surface area contributed by atoms with E-state index in [0.717, 1.165) is 32.8 Å². The largest absolute Gasteiger partial charge is 0.488 e. The van der Waals surface area contributed by atoms with Gasteiger partial charge in [0, 0.05) is 28.0 Å². The second-order valence-electron chi connectivity index (χ2n) is 9.92. The number of para-hydroxylation sites is 1. The number of carbonyl (C=O) groups is 2. The molecule has 0 unspecified atom stereocenters. The first kappa shape index (κ1) is 22.9. The predicted octanol–water partition coefficient (Wildman–Crippen LogP) is 6.15. The average Bonchev–Trinajstić information content (AvgIpc) is 3.21. The number of imide groups is 1. The van der Waals surface area contributed by atoms with Crippen LogP contribution in [0.2, 0.25) is 5.02 Å². The van der Waals surface area contributed by atoms with E-state index in [1.807, 2.05) is 72.8 Å². The maximum atomic E-state index is 13.8. The van der Waals surface area contributed by atoms with Gasteiger partial charge < -0.3 is 4.74 Å². The van der Waals surface area contributed by atoms with Crippen molar-refractivity contribution in [1.29, 1.82) is 0 Å². The molecule has 1 saturated heterocycles. The summed E-state index contributed by atoms with van der Waals surface area (Å²) < 4.78 is 6.03. The van der Waals surface area contributed by atoms with Crippen molar-refractivity contribution in [2.75, 3.05) is 0 Å². The monoisotopic (exact) mass is 518 g/mol. The standard InChI is InChI=1S/C32H23ClN2O3/c33-25-15-7-1-10-20(25)18-38-26-16-8-2-9-19(26)17-34-35-31(36)29-27-21-11-3-4-12-22(21)28(30(29)32(35)37)24-14-6-5-13-23(24)27/h1-17,27-30H,18H2/b34-17-/t27?,28?,29-,30-/m1/s1. The molecule has 0 radical (unpaired) electrons. The molecule has 0 saturated carbocycles. The SMILES string of the molecule is O=C1[C@@H]2C3c4ccccc4C(c4ccccc43)[C@H]2C(=O)N1/N=C\c1ccccc1OCc1ccccc1Cl. The van der Waals surface area contributed by atoms with Gasteiger partial charge in [-0.15, -0.1) is 0 Å². The Morgan fingerprint density at radius 2 is 1.21 bits per heavy atom. The van der Waals surface area contributed by atoms with Crippen molar-refractivity contribution < 1.29 is 14.3 Å². The second kappa shape index (κ2) is 8.96. The van der Waals surface area contributed by atoms with E-state index in [0.29, 0.717) is 16.3 Å². The lowest BCUT2D eigenvalue weighted by atomic mass is 9.55. The summed E-state index contributed by atoms with van der Waals surface area (Å²) in [6, 6.07) is 31.3. The van der Waals surface area contributed by atoms with Crippen LogP contribution in [0.1, 0.15) is 45.2 Å². The molecule has 8 rings (SSSR count). The van der Waals surface area contributed by atoms with E-state index in [9.17, 15) is 9.59 Å². The molecular weight excluding hydrogens is 496 g/mol. The zero-order valence-corrected chi connectivity index (χ0v) is 21.1. The summed E-state index contributed by atoms with van der Waals surface area (Å²) in [5.74, 6) is -1.12. The quantitative estimate of drug-likeness (QED) is 0.235. The predicted molar refractivity (Wildman–Crippen MR) is 145 cm³/mol. The molecule has 0 N–H and O–H groups in total. The molecule has 4 aromatic carbocycles. The molecule has 0 spiro atoms. The lowest BCUT2D eigenvalue weighted by Crippen LogP contribution is -2.41. The normalized spacial score (nSPS) is 22.9. The maximum Gasteiger partial charge on any atom is 0.254 e. The highest BCUT2D eigenvalue weighted by atomic mass is 35.5. The molecule has 1 fully saturated rings. The molecule has 2 bridgehead atoms. The van der Waals surface area contributed by atoms with Crippen LogP contribution in [-0.4, -0.2) is 23.0 Å². The van der Waals surface area contributed by atoms with Gasteiger partial charge in [0.2, 0.25) is 0 Å². The van der Waals surface area contributed by atoms with E-state index in [1.165, 1.54) is 6.21 Å². The highest BCUT2D eigenvalue weighted by Crippen LogP contribution is 2.60. The molecule has 3 aliphatic carbocycles. The van der Waals surface area contributed by atoms with E-state index in [1.54, 1.807) is 0 Å². The van der Waals surface area contributed by atoms with Crippen LogP contribution in [0.5, 0.6) is 5.75 Å². The molecule has 2 amide bonds. The van der Waals surface area contributed by atoms with Crippen molar-refractivity contribution >= 4 is 29.6 Å². The lowest BCUT2D eigenvalue weighted by Gasteiger charge is -2.45. The summed E-state index contributed by atoms with van der Waals surface area (Å²) in [7, 11) is 0. The summed E-state index contributed by atoms with van der Waals surface area (Å²) in [5, 5.41) is 6.15. The summed E-state index contributed by atoms with van der Waals surface area (Å²) in [5.41, 5.74) is 6.10. The first-order valence-electron chi connectivity index (χ1n) is 12.7. The summed E-state index contributed by atoms with van der Waals surface area (Å²) in [4.78, 5) is 27.5. The Morgan fingerprint density at radius 1 is 0.711 bits per heavy atom. The molecule has 1 heterocycles. The van der Waals surface area contributed by atoms with Crippen LogP contribution >= 0.6 is 11.6 Å². The Morgan fingerprint density at radius 3 is 1.79 bits per heavy atom. The van der Waals surface area contributed by atoms with Gasteiger partial charge in [-0.05, 0) is 40.5 Å². The van der Waals surface area contributed by atoms with Crippen LogP contribution in [0.15, 0.2) is 102 Å². The molecule has 5 nitrogen and oxygen atoms in total. The van der Waals surface area contributed by atoms with E-state index in [-0.39, 0.29) is 30.3 Å². The molecule has 1 aliphatic heterocycles. The van der Waals surface area contributed by atoms with E-state index in [4.69, 9.17) is 16.3 Å². The number of rotatable bonds is 5. The van der Waals surface area contributed by atoms with Gasteiger partial charge >= 0.3 is 0 Å². The third-order valence-electron chi connectivity index (χ3n) is 8.00. The highest BCUT2D eigenvalue weighted by molar-refractivity contribution is 6.31. The molecular formula is C32H23ClN2O3. The number of ether oxygens (including phenoxy) is 1. The average molecular weight is 519 g/mol. The molecule has 6 heteroatoms. The van der Waals surface area contributed by atoms with Crippen LogP contribution in [0.25, 0.3) is 0 Å². The van der Waals surface area contributed by atoms with E-state index >= 15 is 0 Å². The van der Waals surface area contributed by atoms with Crippen molar-refractivity contribution in [3.63, 3.8) is 0 Å². The minimum atomic E-state index is -0.457. The minimum Gasteiger partial charge on any atom is -0.488 e. The van der Waals surface area contributed by atoms with Gasteiger partial charge in [0.15, 0.2) is 0 Å². The fourth-order valence-corrected chi connectivity index (χ4v) is 6.58. The second-order valence-corrected chi connectivity index (χ2v) is 10.3. The van der Waals surface area contributed by atoms with Crippen molar-refractivity contribution in [2.45, 2.75) is 18.4 Å². The number of nitrogens with zero attached hydrogens (tertiary/aromatic N) is 2. The van der Waals surface area contributed by atoms with Crippen LogP contribution in [0.3, 0.4) is 0 Å².